The molecule has 2 nitrogen and oxygen atoms in total. The molecule has 0 aliphatic heterocycles. The van der Waals surface area contributed by atoms with E-state index in [0.717, 1.165) is 19.1 Å². The summed E-state index contributed by atoms with van der Waals surface area (Å²) >= 11 is 0. The van der Waals surface area contributed by atoms with Crippen LogP contribution in [0.1, 0.15) is 52.9 Å². The molecule has 1 rings (SSSR count). The minimum absolute atomic E-state index is 0.120. The van der Waals surface area contributed by atoms with E-state index in [1.807, 2.05) is 0 Å². The fourth-order valence-corrected chi connectivity index (χ4v) is 3.89. The summed E-state index contributed by atoms with van der Waals surface area (Å²) in [7, 11) is -1.74. The topological polar surface area (TPSA) is 26.3 Å². The molecule has 0 spiro atoms. The number of hydrogen-bond acceptors (Lipinski definition) is 2. The lowest BCUT2D eigenvalue weighted by atomic mass is 9.99. The molecule has 1 saturated carbocycles. The van der Waals surface area contributed by atoms with Crippen molar-refractivity contribution in [2.75, 3.05) is 0 Å². The maximum Gasteiger partial charge on any atom is 0.192 e. The van der Waals surface area contributed by atoms with E-state index >= 15 is 0 Å². The molecule has 0 unspecified atom stereocenters. The number of rotatable bonds is 4. The molecule has 0 amide bonds. The van der Waals surface area contributed by atoms with Crippen LogP contribution in [0.5, 0.6) is 0 Å². The highest BCUT2D eigenvalue weighted by Crippen LogP contribution is 2.44. The van der Waals surface area contributed by atoms with Gasteiger partial charge in [-0.25, -0.2) is 0 Å². The standard InChI is InChI=1S/C13H26O2Si/c1-12(2,3)16(4,5)15-13(10-11-14)8-6-7-9-13/h11H,6-10H2,1-5H3. The average molecular weight is 242 g/mol. The Morgan fingerprint density at radius 1 is 1.25 bits per heavy atom. The van der Waals surface area contributed by atoms with Gasteiger partial charge >= 0.3 is 0 Å². The quantitative estimate of drug-likeness (QED) is 0.552. The van der Waals surface area contributed by atoms with Gasteiger partial charge in [0.25, 0.3) is 0 Å². The van der Waals surface area contributed by atoms with Crippen molar-refractivity contribution < 1.29 is 9.22 Å². The number of carbonyl (C=O) groups is 1. The van der Waals surface area contributed by atoms with Gasteiger partial charge in [0.1, 0.15) is 6.29 Å². The van der Waals surface area contributed by atoms with Crippen LogP contribution < -0.4 is 0 Å². The van der Waals surface area contributed by atoms with E-state index in [9.17, 15) is 4.79 Å². The molecular formula is C13H26O2Si. The Hall–Kier alpha value is -0.153. The van der Waals surface area contributed by atoms with Gasteiger partial charge in [-0.2, -0.15) is 0 Å². The van der Waals surface area contributed by atoms with E-state index < -0.39 is 8.32 Å². The van der Waals surface area contributed by atoms with E-state index in [1.54, 1.807) is 0 Å². The predicted octanol–water partition coefficient (Wildman–Crippen LogP) is 3.91. The van der Waals surface area contributed by atoms with Crippen LogP contribution in [0.4, 0.5) is 0 Å². The Bertz CT molecular complexity index is 247. The van der Waals surface area contributed by atoms with Gasteiger partial charge in [0.15, 0.2) is 8.32 Å². The third-order valence-corrected chi connectivity index (χ3v) is 8.80. The van der Waals surface area contributed by atoms with Crippen LogP contribution in [-0.2, 0) is 9.22 Å². The van der Waals surface area contributed by atoms with Crippen LogP contribution in [-0.4, -0.2) is 20.2 Å². The second-order valence-electron chi connectivity index (χ2n) is 6.62. The Morgan fingerprint density at radius 3 is 2.12 bits per heavy atom. The van der Waals surface area contributed by atoms with Crippen LogP contribution in [0.2, 0.25) is 18.1 Å². The molecule has 0 aromatic rings. The van der Waals surface area contributed by atoms with Crippen molar-refractivity contribution in [3.8, 4) is 0 Å². The number of carbonyl (C=O) groups excluding carboxylic acids is 1. The molecule has 0 bridgehead atoms. The lowest BCUT2D eigenvalue weighted by Crippen LogP contribution is -2.49. The normalized spacial score (nSPS) is 21.1. The third kappa shape index (κ3) is 2.95. The van der Waals surface area contributed by atoms with E-state index in [2.05, 4.69) is 33.9 Å². The van der Waals surface area contributed by atoms with Gasteiger partial charge in [0.2, 0.25) is 0 Å². The minimum atomic E-state index is -1.74. The summed E-state index contributed by atoms with van der Waals surface area (Å²) < 4.78 is 6.50. The molecule has 0 aromatic carbocycles. The fraction of sp³-hybridized carbons (Fsp3) is 0.923. The van der Waals surface area contributed by atoms with Crippen molar-refractivity contribution in [2.24, 2.45) is 0 Å². The summed E-state index contributed by atoms with van der Waals surface area (Å²) in [5, 5.41) is 0.228. The number of hydrogen-bond donors (Lipinski definition) is 0. The highest BCUT2D eigenvalue weighted by Gasteiger charge is 2.45. The molecule has 0 radical (unpaired) electrons. The first-order valence-electron chi connectivity index (χ1n) is 6.36. The van der Waals surface area contributed by atoms with Crippen LogP contribution in [0.15, 0.2) is 0 Å². The van der Waals surface area contributed by atoms with E-state index in [-0.39, 0.29) is 10.6 Å². The first-order chi connectivity index (χ1) is 7.22. The monoisotopic (exact) mass is 242 g/mol. The zero-order valence-corrected chi connectivity index (χ0v) is 12.4. The summed E-state index contributed by atoms with van der Waals surface area (Å²) in [6, 6.07) is 0. The Kier molecular flexibility index (Phi) is 4.01. The molecule has 3 heteroatoms. The van der Waals surface area contributed by atoms with E-state index in [1.165, 1.54) is 12.8 Å². The SMILES string of the molecule is CC(C)(C)[Si](C)(C)OC1(CC=O)CCCC1. The first-order valence-corrected chi connectivity index (χ1v) is 9.27. The molecule has 1 aliphatic carbocycles. The summed E-state index contributed by atoms with van der Waals surface area (Å²) in [5.41, 5.74) is -0.120. The molecule has 0 atom stereocenters. The maximum absolute atomic E-state index is 10.8. The van der Waals surface area contributed by atoms with Crippen LogP contribution >= 0.6 is 0 Å². The van der Waals surface area contributed by atoms with Crippen molar-refractivity contribution >= 4 is 14.6 Å². The van der Waals surface area contributed by atoms with Gasteiger partial charge in [0.05, 0.1) is 5.60 Å². The summed E-state index contributed by atoms with van der Waals surface area (Å²) in [4.78, 5) is 10.8. The van der Waals surface area contributed by atoms with Crippen molar-refractivity contribution in [3.05, 3.63) is 0 Å². The molecule has 0 aromatic heterocycles. The van der Waals surface area contributed by atoms with Crippen molar-refractivity contribution in [2.45, 2.75) is 76.6 Å². The Morgan fingerprint density at radius 2 is 1.75 bits per heavy atom. The van der Waals surface area contributed by atoms with Gasteiger partial charge in [-0.3, -0.25) is 0 Å². The van der Waals surface area contributed by atoms with Crippen LogP contribution in [0, 0.1) is 0 Å². The molecule has 1 aliphatic rings. The molecule has 94 valence electrons. The zero-order valence-electron chi connectivity index (χ0n) is 11.4. The summed E-state index contributed by atoms with van der Waals surface area (Å²) in [6.07, 6.45) is 6.18. The highest BCUT2D eigenvalue weighted by molar-refractivity contribution is 6.74. The van der Waals surface area contributed by atoms with Gasteiger partial charge in [-0.15, -0.1) is 0 Å². The lowest BCUT2D eigenvalue weighted by Gasteiger charge is -2.43. The summed E-state index contributed by atoms with van der Waals surface area (Å²) in [5.74, 6) is 0. The van der Waals surface area contributed by atoms with Crippen molar-refractivity contribution in [3.63, 3.8) is 0 Å². The largest absolute Gasteiger partial charge is 0.411 e. The highest BCUT2D eigenvalue weighted by atomic mass is 28.4. The minimum Gasteiger partial charge on any atom is -0.411 e. The van der Waals surface area contributed by atoms with Gasteiger partial charge in [-0.05, 0) is 31.0 Å². The molecule has 1 fully saturated rings. The smallest absolute Gasteiger partial charge is 0.192 e. The predicted molar refractivity (Wildman–Crippen MR) is 70.2 cm³/mol. The third-order valence-electron chi connectivity index (χ3n) is 4.25. The van der Waals surface area contributed by atoms with Crippen LogP contribution in [0.3, 0.4) is 0 Å². The second-order valence-corrected chi connectivity index (χ2v) is 11.3. The second kappa shape index (κ2) is 4.61. The van der Waals surface area contributed by atoms with Gasteiger partial charge < -0.3 is 9.22 Å². The number of aldehydes is 1. The van der Waals surface area contributed by atoms with E-state index in [4.69, 9.17) is 4.43 Å². The average Bonchev–Trinajstić information content (AvgIpc) is 2.50. The lowest BCUT2D eigenvalue weighted by molar-refractivity contribution is -0.111. The zero-order chi connectivity index (χ0) is 12.4. The Labute approximate surface area is 101 Å². The maximum atomic E-state index is 10.8. The van der Waals surface area contributed by atoms with Crippen molar-refractivity contribution in [1.29, 1.82) is 0 Å². The van der Waals surface area contributed by atoms with Gasteiger partial charge in [-0.1, -0.05) is 33.6 Å². The molecule has 0 saturated heterocycles. The molecular weight excluding hydrogens is 216 g/mol. The molecule has 16 heavy (non-hydrogen) atoms. The van der Waals surface area contributed by atoms with E-state index in [0.29, 0.717) is 6.42 Å². The Balaban J connectivity index is 2.79. The fourth-order valence-electron chi connectivity index (χ4n) is 2.21. The molecule has 0 heterocycles. The first kappa shape index (κ1) is 13.9. The summed E-state index contributed by atoms with van der Waals surface area (Å²) in [6.45, 7) is 11.3. The van der Waals surface area contributed by atoms with Crippen LogP contribution in [0.25, 0.3) is 0 Å². The molecule has 0 N–H and O–H groups in total. The van der Waals surface area contributed by atoms with Gasteiger partial charge in [0, 0.05) is 6.42 Å². The van der Waals surface area contributed by atoms with Crippen molar-refractivity contribution in [1.82, 2.24) is 0 Å².